The Labute approximate surface area is 160 Å². The molecule has 9 heteroatoms. The number of hydrogen-bond acceptors (Lipinski definition) is 6. The van der Waals surface area contributed by atoms with Crippen LogP contribution in [0.25, 0.3) is 22.4 Å². The maximum atomic E-state index is 12.3. The number of nitrogens with one attached hydrogen (secondary N) is 2. The summed E-state index contributed by atoms with van der Waals surface area (Å²) in [6, 6.07) is 9.33. The molecule has 0 radical (unpaired) electrons. The Morgan fingerprint density at radius 2 is 2.21 bits per heavy atom. The van der Waals surface area contributed by atoms with E-state index >= 15 is 0 Å². The molecule has 4 rings (SSSR count). The smallest absolute Gasteiger partial charge is 0.240 e. The summed E-state index contributed by atoms with van der Waals surface area (Å²) in [6.07, 6.45) is 5.60. The lowest BCUT2D eigenvalue weighted by molar-refractivity contribution is -0.121. The number of carbonyl (C=O) groups excluding carboxylic acids is 1. The van der Waals surface area contributed by atoms with Gasteiger partial charge < -0.3 is 14.6 Å². The van der Waals surface area contributed by atoms with Crippen LogP contribution in [0, 0.1) is 0 Å². The zero-order valence-corrected chi connectivity index (χ0v) is 15.3. The Balaban J connectivity index is 1.34. The molecule has 0 spiro atoms. The van der Waals surface area contributed by atoms with Crippen molar-refractivity contribution in [1.29, 1.82) is 0 Å². The van der Waals surface area contributed by atoms with Crippen LogP contribution in [0.15, 0.2) is 49.1 Å². The van der Waals surface area contributed by atoms with Gasteiger partial charge in [0, 0.05) is 30.9 Å². The van der Waals surface area contributed by atoms with Crippen LogP contribution in [0.3, 0.4) is 0 Å². The molecule has 0 aliphatic rings. The number of benzene rings is 1. The number of nitrogens with zero attached hydrogens (tertiary/aromatic N) is 5. The molecule has 4 aromatic rings. The van der Waals surface area contributed by atoms with Gasteiger partial charge in [0.2, 0.25) is 5.91 Å². The van der Waals surface area contributed by atoms with E-state index in [1.54, 1.807) is 30.4 Å². The number of para-hydroxylation sites is 1. The third kappa shape index (κ3) is 3.68. The van der Waals surface area contributed by atoms with Crippen molar-refractivity contribution in [3.63, 3.8) is 0 Å². The van der Waals surface area contributed by atoms with Crippen molar-refractivity contribution in [2.45, 2.75) is 13.0 Å². The highest BCUT2D eigenvalue weighted by molar-refractivity contribution is 5.84. The lowest BCUT2D eigenvalue weighted by Crippen LogP contribution is -2.29. The zero-order valence-electron chi connectivity index (χ0n) is 15.3. The Bertz CT molecular complexity index is 1090. The third-order valence-corrected chi connectivity index (χ3v) is 4.27. The number of H-pyrrole nitrogens is 1. The highest BCUT2D eigenvalue weighted by Crippen LogP contribution is 2.24. The topological polar surface area (TPSA) is 111 Å². The second-order valence-electron chi connectivity index (χ2n) is 6.15. The number of ether oxygens (including phenoxy) is 1. The SMILES string of the molecule is COc1cccc2ncn(CC(=O)NCCc3nc(-c4cccnc4)n[nH]3)c12. The number of fused-ring (bicyclic) bond motifs is 1. The van der Waals surface area contributed by atoms with Gasteiger partial charge in [-0.05, 0) is 24.3 Å². The third-order valence-electron chi connectivity index (χ3n) is 4.27. The molecule has 3 aromatic heterocycles. The number of amides is 1. The number of carbonyl (C=O) groups is 1. The van der Waals surface area contributed by atoms with Crippen LogP contribution >= 0.6 is 0 Å². The largest absolute Gasteiger partial charge is 0.494 e. The first kappa shape index (κ1) is 17.7. The van der Waals surface area contributed by atoms with Crippen LogP contribution in [-0.4, -0.2) is 49.3 Å². The van der Waals surface area contributed by atoms with Gasteiger partial charge in [0.05, 0.1) is 19.0 Å². The minimum Gasteiger partial charge on any atom is -0.494 e. The van der Waals surface area contributed by atoms with E-state index in [2.05, 4.69) is 30.5 Å². The predicted octanol–water partition coefficient (Wildman–Crippen LogP) is 1.58. The summed E-state index contributed by atoms with van der Waals surface area (Å²) in [7, 11) is 1.60. The van der Waals surface area contributed by atoms with Gasteiger partial charge in [0.15, 0.2) is 5.82 Å². The molecule has 0 saturated carbocycles. The monoisotopic (exact) mass is 377 g/mol. The lowest BCUT2D eigenvalue weighted by atomic mass is 10.3. The van der Waals surface area contributed by atoms with Crippen molar-refractivity contribution < 1.29 is 9.53 Å². The van der Waals surface area contributed by atoms with Crippen LogP contribution in [-0.2, 0) is 17.8 Å². The summed E-state index contributed by atoms with van der Waals surface area (Å²) < 4.78 is 7.15. The van der Waals surface area contributed by atoms with Crippen molar-refractivity contribution in [1.82, 2.24) is 35.0 Å². The number of aromatic nitrogens is 6. The summed E-state index contributed by atoms with van der Waals surface area (Å²) >= 11 is 0. The van der Waals surface area contributed by atoms with E-state index in [0.717, 1.165) is 16.6 Å². The normalized spacial score (nSPS) is 10.9. The molecule has 0 unspecified atom stereocenters. The summed E-state index contributed by atoms with van der Waals surface area (Å²) in [5.74, 6) is 1.87. The van der Waals surface area contributed by atoms with Crippen molar-refractivity contribution >= 4 is 16.9 Å². The molecule has 0 fully saturated rings. The fourth-order valence-corrected chi connectivity index (χ4v) is 2.94. The molecule has 9 nitrogen and oxygen atoms in total. The van der Waals surface area contributed by atoms with E-state index in [4.69, 9.17) is 4.74 Å². The van der Waals surface area contributed by atoms with Crippen LogP contribution in [0.1, 0.15) is 5.82 Å². The van der Waals surface area contributed by atoms with Crippen molar-refractivity contribution in [2.75, 3.05) is 13.7 Å². The second-order valence-corrected chi connectivity index (χ2v) is 6.15. The van der Waals surface area contributed by atoms with Crippen LogP contribution in [0.4, 0.5) is 0 Å². The standard InChI is InChI=1S/C19H19N7O2/c1-28-15-6-2-5-14-18(15)26(12-22-14)11-17(27)21-9-7-16-23-19(25-24-16)13-4-3-8-20-10-13/h2-6,8,10,12H,7,9,11H2,1H3,(H,21,27)(H,23,24,25). The van der Waals surface area contributed by atoms with E-state index in [0.29, 0.717) is 30.4 Å². The Hall–Kier alpha value is -3.75. The maximum absolute atomic E-state index is 12.3. The molecule has 3 heterocycles. The summed E-state index contributed by atoms with van der Waals surface area (Å²) in [6.45, 7) is 0.610. The number of imidazole rings is 1. The van der Waals surface area contributed by atoms with Crippen molar-refractivity contribution in [3.05, 3.63) is 54.9 Å². The lowest BCUT2D eigenvalue weighted by Gasteiger charge is -2.08. The quantitative estimate of drug-likeness (QED) is 0.506. The molecule has 0 atom stereocenters. The van der Waals surface area contributed by atoms with Crippen LogP contribution in [0.2, 0.25) is 0 Å². The van der Waals surface area contributed by atoms with Gasteiger partial charge in [-0.2, -0.15) is 5.10 Å². The summed E-state index contributed by atoms with van der Waals surface area (Å²) in [4.78, 5) is 25.1. The number of methoxy groups -OCH3 is 1. The first-order valence-corrected chi connectivity index (χ1v) is 8.81. The number of pyridine rings is 1. The van der Waals surface area contributed by atoms with Gasteiger partial charge >= 0.3 is 0 Å². The van der Waals surface area contributed by atoms with Gasteiger partial charge in [0.1, 0.15) is 23.6 Å². The number of hydrogen-bond donors (Lipinski definition) is 2. The van der Waals surface area contributed by atoms with Gasteiger partial charge in [-0.1, -0.05) is 6.07 Å². The van der Waals surface area contributed by atoms with Crippen LogP contribution in [0.5, 0.6) is 5.75 Å². The van der Waals surface area contributed by atoms with E-state index in [1.165, 1.54) is 0 Å². The van der Waals surface area contributed by atoms with Crippen molar-refractivity contribution in [2.24, 2.45) is 0 Å². The predicted molar refractivity (Wildman–Crippen MR) is 103 cm³/mol. The fraction of sp³-hybridized carbons (Fsp3) is 0.211. The number of rotatable bonds is 7. The highest BCUT2D eigenvalue weighted by atomic mass is 16.5. The van der Waals surface area contributed by atoms with Gasteiger partial charge in [0.25, 0.3) is 0 Å². The van der Waals surface area contributed by atoms with E-state index in [1.807, 2.05) is 30.3 Å². The maximum Gasteiger partial charge on any atom is 0.240 e. The highest BCUT2D eigenvalue weighted by Gasteiger charge is 2.12. The number of aromatic amines is 1. The molecular weight excluding hydrogens is 358 g/mol. The van der Waals surface area contributed by atoms with Gasteiger partial charge in [-0.15, -0.1) is 0 Å². The molecule has 1 aromatic carbocycles. The first-order chi connectivity index (χ1) is 13.7. The molecule has 0 bridgehead atoms. The summed E-state index contributed by atoms with van der Waals surface area (Å²) in [5, 5.41) is 9.97. The minimum atomic E-state index is -0.114. The van der Waals surface area contributed by atoms with E-state index in [-0.39, 0.29) is 12.5 Å². The average molecular weight is 377 g/mol. The Kier molecular flexibility index (Phi) is 4.96. The molecule has 2 N–H and O–H groups in total. The molecule has 1 amide bonds. The molecular formula is C19H19N7O2. The molecule has 142 valence electrons. The Morgan fingerprint density at radius 1 is 1.29 bits per heavy atom. The average Bonchev–Trinajstić information content (AvgIpc) is 3.36. The fourth-order valence-electron chi connectivity index (χ4n) is 2.94. The zero-order chi connectivity index (χ0) is 19.3. The second kappa shape index (κ2) is 7.87. The van der Waals surface area contributed by atoms with Gasteiger partial charge in [-0.25, -0.2) is 9.97 Å². The van der Waals surface area contributed by atoms with Crippen molar-refractivity contribution in [3.8, 4) is 17.1 Å². The summed E-state index contributed by atoms with van der Waals surface area (Å²) in [5.41, 5.74) is 2.43. The van der Waals surface area contributed by atoms with E-state index in [9.17, 15) is 4.79 Å². The van der Waals surface area contributed by atoms with E-state index < -0.39 is 0 Å². The molecule has 28 heavy (non-hydrogen) atoms. The molecule has 0 aliphatic carbocycles. The first-order valence-electron chi connectivity index (χ1n) is 8.81. The minimum absolute atomic E-state index is 0.114. The van der Waals surface area contributed by atoms with Gasteiger partial charge in [-0.3, -0.25) is 14.9 Å². The molecule has 0 aliphatic heterocycles. The molecule has 0 saturated heterocycles. The Morgan fingerprint density at radius 3 is 3.04 bits per heavy atom. The van der Waals surface area contributed by atoms with Crippen LogP contribution < -0.4 is 10.1 Å².